The average Bonchev–Trinajstić information content (AvgIpc) is 2.60. The lowest BCUT2D eigenvalue weighted by Crippen LogP contribution is -1.85. The van der Waals surface area contributed by atoms with Crippen molar-refractivity contribution in [3.8, 4) is 0 Å². The minimum Gasteiger partial charge on any atom is -0.317 e. The molecule has 0 atom stereocenters. The van der Waals surface area contributed by atoms with Crippen LogP contribution >= 0.6 is 11.3 Å². The van der Waals surface area contributed by atoms with Crippen LogP contribution in [0, 0.1) is 13.5 Å². The molecule has 2 aromatic rings. The monoisotopic (exact) mass is 216 g/mol. The zero-order valence-electron chi connectivity index (χ0n) is 8.66. The number of hydrogen-bond acceptors (Lipinski definition) is 2. The Morgan fingerprint density at radius 3 is 3.13 bits per heavy atom. The first-order valence-electron chi connectivity index (χ1n) is 4.99. The largest absolute Gasteiger partial charge is 0.317 e. The van der Waals surface area contributed by atoms with Gasteiger partial charge in [0, 0.05) is 12.8 Å². The van der Waals surface area contributed by atoms with Gasteiger partial charge < -0.3 is 4.85 Å². The molecule has 0 bridgehead atoms. The average molecular weight is 216 g/mol. The predicted octanol–water partition coefficient (Wildman–Crippen LogP) is 3.46. The molecule has 2 rings (SSSR count). The number of hydrogen-bond donors (Lipinski definition) is 0. The first-order valence-corrected chi connectivity index (χ1v) is 5.80. The molecule has 0 amide bonds. The van der Waals surface area contributed by atoms with E-state index in [4.69, 9.17) is 6.57 Å². The number of aryl methyl sites for hydroxylation is 2. The second-order valence-corrected chi connectivity index (χ2v) is 4.68. The molecule has 0 aliphatic heterocycles. The van der Waals surface area contributed by atoms with Gasteiger partial charge in [0.2, 0.25) is 6.54 Å². The van der Waals surface area contributed by atoms with Crippen molar-refractivity contribution in [3.05, 3.63) is 40.2 Å². The highest BCUT2D eigenvalue weighted by Gasteiger charge is 2.03. The van der Waals surface area contributed by atoms with Crippen LogP contribution in [-0.4, -0.2) is 11.5 Å². The molecule has 0 N–H and O–H groups in total. The number of nitrogens with zero attached hydrogens (tertiary/aromatic N) is 2. The van der Waals surface area contributed by atoms with Crippen molar-refractivity contribution in [2.45, 2.75) is 19.8 Å². The van der Waals surface area contributed by atoms with Crippen LogP contribution in [-0.2, 0) is 6.42 Å². The fourth-order valence-electron chi connectivity index (χ4n) is 1.50. The third-order valence-electron chi connectivity index (χ3n) is 2.25. The SMILES string of the molecule is [C-]#[N+]CCCc1nc2ccc(C)cc2s1. The van der Waals surface area contributed by atoms with Crippen LogP contribution < -0.4 is 0 Å². The summed E-state index contributed by atoms with van der Waals surface area (Å²) in [5, 5.41) is 1.15. The summed E-state index contributed by atoms with van der Waals surface area (Å²) in [4.78, 5) is 7.89. The number of benzene rings is 1. The van der Waals surface area contributed by atoms with Crippen molar-refractivity contribution in [2.24, 2.45) is 0 Å². The number of fused-ring (bicyclic) bond motifs is 1. The summed E-state index contributed by atoms with van der Waals surface area (Å²) in [5.74, 6) is 0. The predicted molar refractivity (Wildman–Crippen MR) is 64.1 cm³/mol. The smallest absolute Gasteiger partial charge is 0.215 e. The molecule has 0 unspecified atom stereocenters. The van der Waals surface area contributed by atoms with Gasteiger partial charge in [-0.25, -0.2) is 11.6 Å². The molecule has 1 aromatic heterocycles. The van der Waals surface area contributed by atoms with Crippen LogP contribution in [0.3, 0.4) is 0 Å². The summed E-state index contributed by atoms with van der Waals surface area (Å²) in [5.41, 5.74) is 2.36. The van der Waals surface area contributed by atoms with E-state index in [2.05, 4.69) is 35.0 Å². The third-order valence-corrected chi connectivity index (χ3v) is 3.33. The van der Waals surface area contributed by atoms with E-state index < -0.39 is 0 Å². The van der Waals surface area contributed by atoms with Gasteiger partial charge in [-0.3, -0.25) is 0 Å². The Kier molecular flexibility index (Phi) is 2.98. The minimum absolute atomic E-state index is 0.606. The molecule has 2 nitrogen and oxygen atoms in total. The molecular formula is C12H12N2S. The molecule has 0 fully saturated rings. The van der Waals surface area contributed by atoms with E-state index in [1.165, 1.54) is 10.3 Å². The summed E-state index contributed by atoms with van der Waals surface area (Å²) in [6.45, 7) is 9.41. The van der Waals surface area contributed by atoms with E-state index in [9.17, 15) is 0 Å². The number of aromatic nitrogens is 1. The van der Waals surface area contributed by atoms with Crippen LogP contribution in [0.15, 0.2) is 18.2 Å². The van der Waals surface area contributed by atoms with Gasteiger partial charge >= 0.3 is 0 Å². The second kappa shape index (κ2) is 4.41. The van der Waals surface area contributed by atoms with E-state index in [1.54, 1.807) is 11.3 Å². The Morgan fingerprint density at radius 1 is 1.47 bits per heavy atom. The molecular weight excluding hydrogens is 204 g/mol. The van der Waals surface area contributed by atoms with Gasteiger partial charge in [-0.2, -0.15) is 0 Å². The number of rotatable bonds is 3. The zero-order valence-corrected chi connectivity index (χ0v) is 9.47. The summed E-state index contributed by atoms with van der Waals surface area (Å²) < 4.78 is 1.26. The highest BCUT2D eigenvalue weighted by Crippen LogP contribution is 2.23. The molecule has 1 aromatic carbocycles. The van der Waals surface area contributed by atoms with Gasteiger partial charge in [-0.05, 0) is 24.6 Å². The van der Waals surface area contributed by atoms with Crippen molar-refractivity contribution < 1.29 is 0 Å². The van der Waals surface area contributed by atoms with E-state index in [1.807, 2.05) is 0 Å². The van der Waals surface area contributed by atoms with Gasteiger partial charge in [0.15, 0.2) is 0 Å². The molecule has 1 heterocycles. The molecule has 0 spiro atoms. The van der Waals surface area contributed by atoms with Gasteiger partial charge in [0.05, 0.1) is 15.2 Å². The highest BCUT2D eigenvalue weighted by molar-refractivity contribution is 7.18. The first-order chi connectivity index (χ1) is 7.29. The Hall–Kier alpha value is -1.40. The van der Waals surface area contributed by atoms with Gasteiger partial charge in [0.1, 0.15) is 0 Å². The Bertz CT molecular complexity index is 508. The molecule has 3 heteroatoms. The zero-order chi connectivity index (χ0) is 10.7. The fraction of sp³-hybridized carbons (Fsp3) is 0.333. The minimum atomic E-state index is 0.606. The lowest BCUT2D eigenvalue weighted by atomic mass is 10.2. The second-order valence-electron chi connectivity index (χ2n) is 3.56. The van der Waals surface area contributed by atoms with Crippen LogP contribution in [0.25, 0.3) is 15.1 Å². The van der Waals surface area contributed by atoms with E-state index in [0.717, 1.165) is 23.4 Å². The molecule has 0 saturated heterocycles. The van der Waals surface area contributed by atoms with Crippen molar-refractivity contribution in [1.82, 2.24) is 4.98 Å². The Morgan fingerprint density at radius 2 is 2.33 bits per heavy atom. The van der Waals surface area contributed by atoms with Crippen LogP contribution in [0.4, 0.5) is 0 Å². The topological polar surface area (TPSA) is 17.2 Å². The highest BCUT2D eigenvalue weighted by atomic mass is 32.1. The summed E-state index contributed by atoms with van der Waals surface area (Å²) in [6.07, 6.45) is 1.85. The molecule has 0 aliphatic carbocycles. The van der Waals surface area contributed by atoms with Crippen molar-refractivity contribution in [2.75, 3.05) is 6.54 Å². The first kappa shape index (κ1) is 10.1. The van der Waals surface area contributed by atoms with Crippen molar-refractivity contribution in [3.63, 3.8) is 0 Å². The molecule has 0 saturated carbocycles. The van der Waals surface area contributed by atoms with Crippen molar-refractivity contribution in [1.29, 1.82) is 0 Å². The normalized spacial score (nSPS) is 10.4. The summed E-state index contributed by atoms with van der Waals surface area (Å²) >= 11 is 1.75. The fourth-order valence-corrected chi connectivity index (χ4v) is 2.60. The van der Waals surface area contributed by atoms with E-state index >= 15 is 0 Å². The molecule has 76 valence electrons. The maximum Gasteiger partial charge on any atom is 0.215 e. The number of thiazole rings is 1. The third kappa shape index (κ3) is 2.34. The maximum absolute atomic E-state index is 6.71. The summed E-state index contributed by atoms with van der Waals surface area (Å²) in [6, 6.07) is 6.33. The molecule has 0 aliphatic rings. The van der Waals surface area contributed by atoms with E-state index in [0.29, 0.717) is 6.54 Å². The van der Waals surface area contributed by atoms with Crippen LogP contribution in [0.1, 0.15) is 17.0 Å². The van der Waals surface area contributed by atoms with Gasteiger partial charge in [-0.15, -0.1) is 11.3 Å². The van der Waals surface area contributed by atoms with Gasteiger partial charge in [0.25, 0.3) is 0 Å². The maximum atomic E-state index is 6.71. The van der Waals surface area contributed by atoms with Gasteiger partial charge in [-0.1, -0.05) is 6.07 Å². The Labute approximate surface area is 93.4 Å². The van der Waals surface area contributed by atoms with E-state index in [-0.39, 0.29) is 0 Å². The quantitative estimate of drug-likeness (QED) is 0.567. The molecule has 15 heavy (non-hydrogen) atoms. The molecule has 0 radical (unpaired) electrons. The lowest BCUT2D eigenvalue weighted by Gasteiger charge is -1.88. The van der Waals surface area contributed by atoms with Crippen LogP contribution in [0.2, 0.25) is 0 Å². The van der Waals surface area contributed by atoms with Crippen molar-refractivity contribution >= 4 is 21.6 Å². The van der Waals surface area contributed by atoms with Crippen LogP contribution in [0.5, 0.6) is 0 Å². The lowest BCUT2D eigenvalue weighted by molar-refractivity contribution is 0.884. The summed E-state index contributed by atoms with van der Waals surface area (Å²) in [7, 11) is 0. The standard InChI is InChI=1S/C12H12N2S/c1-9-5-6-10-11(8-9)15-12(14-10)4-3-7-13-2/h5-6,8H,3-4,7H2,1H3. The Balaban J connectivity index is 2.20.